The Morgan fingerprint density at radius 1 is 1.12 bits per heavy atom. The molecule has 0 heterocycles. The van der Waals surface area contributed by atoms with Gasteiger partial charge in [0, 0.05) is 6.54 Å². The highest BCUT2D eigenvalue weighted by Gasteiger charge is 2.30. The van der Waals surface area contributed by atoms with Crippen LogP contribution in [-0.4, -0.2) is 20.7 Å². The number of rotatable bonds is 3. The summed E-state index contributed by atoms with van der Waals surface area (Å²) >= 11 is 0. The molecule has 0 aliphatic heterocycles. The number of alkyl halides is 3. The number of nitrogens with two attached hydrogens (primary N) is 1. The van der Waals surface area contributed by atoms with Gasteiger partial charge in [0.1, 0.15) is 0 Å². The minimum atomic E-state index is -4.46. The molecule has 16 heavy (non-hydrogen) atoms. The van der Waals surface area contributed by atoms with Crippen molar-refractivity contribution in [2.24, 2.45) is 5.73 Å². The van der Waals surface area contributed by atoms with Crippen molar-refractivity contribution in [1.82, 2.24) is 0 Å². The molecular formula is C9H10F3NO2S. The molecule has 2 N–H and O–H groups in total. The summed E-state index contributed by atoms with van der Waals surface area (Å²) in [6, 6.07) is 3.36. The van der Waals surface area contributed by atoms with Gasteiger partial charge in [-0.1, -0.05) is 0 Å². The van der Waals surface area contributed by atoms with Gasteiger partial charge in [0.25, 0.3) is 0 Å². The first-order valence-electron chi connectivity index (χ1n) is 4.37. The van der Waals surface area contributed by atoms with Crippen molar-refractivity contribution in [2.75, 3.05) is 12.3 Å². The molecule has 0 aliphatic carbocycles. The van der Waals surface area contributed by atoms with Gasteiger partial charge < -0.3 is 5.73 Å². The van der Waals surface area contributed by atoms with E-state index in [9.17, 15) is 21.6 Å². The second-order valence-corrected chi connectivity index (χ2v) is 5.24. The van der Waals surface area contributed by atoms with E-state index in [-0.39, 0.29) is 17.2 Å². The Hall–Kier alpha value is -1.08. The highest BCUT2D eigenvalue weighted by Crippen LogP contribution is 2.29. The lowest BCUT2D eigenvalue weighted by atomic mass is 10.2. The molecule has 3 nitrogen and oxygen atoms in total. The minimum absolute atomic E-state index is 0.0661. The van der Waals surface area contributed by atoms with E-state index in [2.05, 4.69) is 0 Å². The van der Waals surface area contributed by atoms with Gasteiger partial charge in [-0.25, -0.2) is 8.42 Å². The molecule has 0 radical (unpaired) electrons. The van der Waals surface area contributed by atoms with Gasteiger partial charge in [-0.05, 0) is 24.3 Å². The van der Waals surface area contributed by atoms with Gasteiger partial charge in [-0.3, -0.25) is 0 Å². The molecule has 0 spiro atoms. The van der Waals surface area contributed by atoms with Gasteiger partial charge in [0.15, 0.2) is 9.84 Å². The Morgan fingerprint density at radius 2 is 1.62 bits per heavy atom. The van der Waals surface area contributed by atoms with Crippen molar-refractivity contribution < 1.29 is 21.6 Å². The Labute approximate surface area is 91.0 Å². The quantitative estimate of drug-likeness (QED) is 0.886. The summed E-state index contributed by atoms with van der Waals surface area (Å²) < 4.78 is 59.4. The van der Waals surface area contributed by atoms with Gasteiger partial charge in [0.2, 0.25) is 0 Å². The highest BCUT2D eigenvalue weighted by molar-refractivity contribution is 7.91. The monoisotopic (exact) mass is 253 g/mol. The van der Waals surface area contributed by atoms with Crippen molar-refractivity contribution in [3.05, 3.63) is 29.8 Å². The third-order valence-electron chi connectivity index (χ3n) is 1.93. The maximum Gasteiger partial charge on any atom is 0.416 e. The molecule has 0 fully saturated rings. The summed E-state index contributed by atoms with van der Waals surface area (Å²) in [5, 5.41) is 0. The number of sulfone groups is 1. The van der Waals surface area contributed by atoms with Crippen LogP contribution in [0, 0.1) is 0 Å². The molecule has 0 amide bonds. The molecule has 0 saturated heterocycles. The fraction of sp³-hybridized carbons (Fsp3) is 0.333. The predicted molar refractivity (Wildman–Crippen MR) is 52.6 cm³/mol. The summed E-state index contributed by atoms with van der Waals surface area (Å²) in [4.78, 5) is -0.147. The van der Waals surface area contributed by atoms with Crippen LogP contribution in [0.1, 0.15) is 5.56 Å². The van der Waals surface area contributed by atoms with Crippen molar-refractivity contribution in [1.29, 1.82) is 0 Å². The number of hydrogen-bond acceptors (Lipinski definition) is 3. The molecule has 90 valence electrons. The molecule has 0 saturated carbocycles. The van der Waals surface area contributed by atoms with Crippen LogP contribution in [0.3, 0.4) is 0 Å². The second-order valence-electron chi connectivity index (χ2n) is 3.13. The summed E-state index contributed by atoms with van der Waals surface area (Å²) in [6.45, 7) is -0.0661. The molecule has 0 aliphatic rings. The molecule has 0 atom stereocenters. The lowest BCUT2D eigenvalue weighted by molar-refractivity contribution is -0.137. The van der Waals surface area contributed by atoms with Gasteiger partial charge in [0.05, 0.1) is 16.2 Å². The van der Waals surface area contributed by atoms with E-state index < -0.39 is 21.6 Å². The van der Waals surface area contributed by atoms with E-state index in [1.54, 1.807) is 0 Å². The third kappa shape index (κ3) is 2.96. The molecule has 0 aromatic heterocycles. The average Bonchev–Trinajstić information content (AvgIpc) is 2.16. The lowest BCUT2D eigenvalue weighted by Gasteiger charge is -2.07. The molecule has 0 unspecified atom stereocenters. The molecule has 1 rings (SSSR count). The molecule has 0 bridgehead atoms. The predicted octanol–water partition coefficient (Wildman–Crippen LogP) is 1.44. The van der Waals surface area contributed by atoms with Gasteiger partial charge >= 0.3 is 6.18 Å². The van der Waals surface area contributed by atoms with Gasteiger partial charge in [-0.2, -0.15) is 13.2 Å². The van der Waals surface area contributed by atoms with E-state index >= 15 is 0 Å². The van der Waals surface area contributed by atoms with Crippen LogP contribution >= 0.6 is 0 Å². The topological polar surface area (TPSA) is 60.2 Å². The molecule has 1 aromatic carbocycles. The normalized spacial score (nSPS) is 12.8. The van der Waals surface area contributed by atoms with E-state index in [0.29, 0.717) is 0 Å². The number of halogens is 3. The zero-order valence-corrected chi connectivity index (χ0v) is 8.98. The van der Waals surface area contributed by atoms with Crippen LogP contribution in [0.4, 0.5) is 13.2 Å². The van der Waals surface area contributed by atoms with Crippen molar-refractivity contribution in [2.45, 2.75) is 11.1 Å². The van der Waals surface area contributed by atoms with Crippen LogP contribution in [0.2, 0.25) is 0 Å². The van der Waals surface area contributed by atoms with Crippen LogP contribution in [0.15, 0.2) is 29.2 Å². The Balaban J connectivity index is 3.05. The minimum Gasteiger partial charge on any atom is -0.329 e. The van der Waals surface area contributed by atoms with Crippen LogP contribution in [0.5, 0.6) is 0 Å². The smallest absolute Gasteiger partial charge is 0.329 e. The maximum absolute atomic E-state index is 12.2. The Morgan fingerprint density at radius 3 is 2.00 bits per heavy atom. The maximum atomic E-state index is 12.2. The molecular weight excluding hydrogens is 243 g/mol. The van der Waals surface area contributed by atoms with E-state index in [0.717, 1.165) is 24.3 Å². The SMILES string of the molecule is NCCS(=O)(=O)c1ccc(C(F)(F)F)cc1. The van der Waals surface area contributed by atoms with E-state index in [1.165, 1.54) is 0 Å². The fourth-order valence-corrected chi connectivity index (χ4v) is 2.22. The summed E-state index contributed by atoms with van der Waals surface area (Å²) in [7, 11) is -3.56. The first kappa shape index (κ1) is 13.0. The fourth-order valence-electron chi connectivity index (χ4n) is 1.12. The van der Waals surface area contributed by atoms with Crippen LogP contribution < -0.4 is 5.73 Å². The lowest BCUT2D eigenvalue weighted by Crippen LogP contribution is -2.16. The first-order chi connectivity index (χ1) is 7.27. The number of hydrogen-bond donors (Lipinski definition) is 1. The number of benzene rings is 1. The largest absolute Gasteiger partial charge is 0.416 e. The molecule has 7 heteroatoms. The van der Waals surface area contributed by atoms with Crippen molar-refractivity contribution in [3.63, 3.8) is 0 Å². The standard InChI is InChI=1S/C9H10F3NO2S/c10-9(11,12)7-1-3-8(4-2-7)16(14,15)6-5-13/h1-4H,5-6,13H2. The average molecular weight is 253 g/mol. The summed E-state index contributed by atoms with van der Waals surface area (Å²) in [5.74, 6) is -0.279. The Bertz CT molecular complexity index is 451. The molecule has 1 aromatic rings. The van der Waals surface area contributed by atoms with E-state index in [4.69, 9.17) is 5.73 Å². The Kier molecular flexibility index (Phi) is 3.59. The zero-order chi connectivity index (χ0) is 12.4. The van der Waals surface area contributed by atoms with Gasteiger partial charge in [-0.15, -0.1) is 0 Å². The second kappa shape index (κ2) is 4.42. The first-order valence-corrected chi connectivity index (χ1v) is 6.02. The summed E-state index contributed by atoms with van der Waals surface area (Å²) in [5.41, 5.74) is 4.22. The van der Waals surface area contributed by atoms with Crippen molar-refractivity contribution >= 4 is 9.84 Å². The summed E-state index contributed by atoms with van der Waals surface area (Å²) in [6.07, 6.45) is -4.46. The van der Waals surface area contributed by atoms with E-state index in [1.807, 2.05) is 0 Å². The van der Waals surface area contributed by atoms with Crippen LogP contribution in [-0.2, 0) is 16.0 Å². The van der Waals surface area contributed by atoms with Crippen LogP contribution in [0.25, 0.3) is 0 Å². The van der Waals surface area contributed by atoms with Crippen molar-refractivity contribution in [3.8, 4) is 0 Å². The third-order valence-corrected chi connectivity index (χ3v) is 3.69. The zero-order valence-electron chi connectivity index (χ0n) is 8.16. The highest BCUT2D eigenvalue weighted by atomic mass is 32.2.